The zero-order valence-electron chi connectivity index (χ0n) is 11.8. The van der Waals surface area contributed by atoms with Gasteiger partial charge in [0.2, 0.25) is 0 Å². The van der Waals surface area contributed by atoms with Crippen molar-refractivity contribution >= 4 is 16.8 Å². The number of benzene rings is 1. The van der Waals surface area contributed by atoms with Gasteiger partial charge < -0.3 is 10.5 Å². The molecule has 0 saturated heterocycles. The van der Waals surface area contributed by atoms with Crippen LogP contribution in [0.15, 0.2) is 30.3 Å². The molecule has 0 heterocycles. The smallest absolute Gasteiger partial charge is 0.331 e. The Bertz CT molecular complexity index is 467. The van der Waals surface area contributed by atoms with Crippen LogP contribution in [-0.2, 0) is 25.1 Å². The average molecular weight is 283 g/mol. The van der Waals surface area contributed by atoms with Crippen molar-refractivity contribution in [2.75, 3.05) is 12.8 Å². The summed E-state index contributed by atoms with van der Waals surface area (Å²) in [6.45, 7) is 5.26. The summed E-state index contributed by atoms with van der Waals surface area (Å²) in [5, 5.41) is 0. The summed E-state index contributed by atoms with van der Waals surface area (Å²) in [7, 11) is -1.48. The van der Waals surface area contributed by atoms with E-state index in [0.29, 0.717) is 5.56 Å². The SMILES string of the molecule is CS(=O)C(CN)(C(=O)OC(C)(C)C)c1ccccc1. The fraction of sp³-hybridized carbons (Fsp3) is 0.500. The van der Waals surface area contributed by atoms with Crippen molar-refractivity contribution in [2.45, 2.75) is 31.1 Å². The van der Waals surface area contributed by atoms with Crippen LogP contribution in [0.5, 0.6) is 0 Å². The van der Waals surface area contributed by atoms with Gasteiger partial charge in [0, 0.05) is 23.6 Å². The molecule has 4 nitrogen and oxygen atoms in total. The maximum atomic E-state index is 12.5. The Labute approximate surface area is 116 Å². The van der Waals surface area contributed by atoms with Crippen molar-refractivity contribution in [1.29, 1.82) is 0 Å². The number of hydrogen-bond donors (Lipinski definition) is 1. The van der Waals surface area contributed by atoms with Crippen molar-refractivity contribution in [1.82, 2.24) is 0 Å². The Morgan fingerprint density at radius 3 is 2.16 bits per heavy atom. The molecule has 2 atom stereocenters. The monoisotopic (exact) mass is 283 g/mol. The minimum atomic E-state index is -1.48. The first kappa shape index (κ1) is 15.9. The fourth-order valence-electron chi connectivity index (χ4n) is 1.79. The molecule has 2 N–H and O–H groups in total. The van der Waals surface area contributed by atoms with Crippen LogP contribution in [0.3, 0.4) is 0 Å². The van der Waals surface area contributed by atoms with Crippen LogP contribution in [0.4, 0.5) is 0 Å². The largest absolute Gasteiger partial charge is 0.459 e. The van der Waals surface area contributed by atoms with Crippen LogP contribution in [0.25, 0.3) is 0 Å². The quantitative estimate of drug-likeness (QED) is 0.851. The van der Waals surface area contributed by atoms with Gasteiger partial charge in [-0.05, 0) is 26.3 Å². The fourth-order valence-corrected chi connectivity index (χ4v) is 2.77. The third kappa shape index (κ3) is 3.42. The maximum absolute atomic E-state index is 12.5. The van der Waals surface area contributed by atoms with E-state index < -0.39 is 27.1 Å². The third-order valence-electron chi connectivity index (χ3n) is 2.75. The lowest BCUT2D eigenvalue weighted by Gasteiger charge is -2.32. The van der Waals surface area contributed by atoms with Crippen LogP contribution in [-0.4, -0.2) is 28.6 Å². The highest BCUT2D eigenvalue weighted by molar-refractivity contribution is 7.86. The summed E-state index contributed by atoms with van der Waals surface area (Å²) in [5.41, 5.74) is 5.74. The molecule has 0 bridgehead atoms. The van der Waals surface area contributed by atoms with Gasteiger partial charge in [-0.3, -0.25) is 9.00 Å². The Morgan fingerprint density at radius 2 is 1.79 bits per heavy atom. The first-order valence-corrected chi connectivity index (χ1v) is 7.62. The number of nitrogens with two attached hydrogens (primary N) is 1. The van der Waals surface area contributed by atoms with Crippen LogP contribution in [0.1, 0.15) is 26.3 Å². The highest BCUT2D eigenvalue weighted by Crippen LogP contribution is 2.30. The summed E-state index contributed by atoms with van der Waals surface area (Å²) in [4.78, 5) is 12.5. The van der Waals surface area contributed by atoms with Gasteiger partial charge in [-0.25, -0.2) is 0 Å². The topological polar surface area (TPSA) is 69.4 Å². The molecule has 0 aliphatic rings. The first-order valence-electron chi connectivity index (χ1n) is 6.06. The zero-order valence-corrected chi connectivity index (χ0v) is 12.6. The predicted octanol–water partition coefficient (Wildman–Crippen LogP) is 1.56. The molecule has 1 aromatic rings. The van der Waals surface area contributed by atoms with Crippen LogP contribution >= 0.6 is 0 Å². The van der Waals surface area contributed by atoms with Gasteiger partial charge in [0.15, 0.2) is 4.75 Å². The maximum Gasteiger partial charge on any atom is 0.331 e. The molecule has 0 aliphatic heterocycles. The van der Waals surface area contributed by atoms with E-state index in [9.17, 15) is 9.00 Å². The van der Waals surface area contributed by atoms with Crippen molar-refractivity contribution in [3.8, 4) is 0 Å². The molecule has 0 aliphatic carbocycles. The van der Waals surface area contributed by atoms with E-state index in [-0.39, 0.29) is 6.54 Å². The lowest BCUT2D eigenvalue weighted by Crippen LogP contribution is -2.49. The number of carbonyl (C=O) groups is 1. The lowest BCUT2D eigenvalue weighted by molar-refractivity contribution is -0.158. The molecule has 19 heavy (non-hydrogen) atoms. The highest BCUT2D eigenvalue weighted by Gasteiger charge is 2.46. The average Bonchev–Trinajstić information content (AvgIpc) is 2.29. The van der Waals surface area contributed by atoms with Crippen molar-refractivity contribution in [2.24, 2.45) is 5.73 Å². The lowest BCUT2D eigenvalue weighted by atomic mass is 9.98. The number of hydrogen-bond acceptors (Lipinski definition) is 4. The van der Waals surface area contributed by atoms with E-state index in [4.69, 9.17) is 10.5 Å². The van der Waals surface area contributed by atoms with Gasteiger partial charge in [-0.15, -0.1) is 0 Å². The van der Waals surface area contributed by atoms with Crippen LogP contribution in [0, 0.1) is 0 Å². The second-order valence-electron chi connectivity index (χ2n) is 5.35. The van der Waals surface area contributed by atoms with Crippen molar-refractivity contribution in [3.05, 3.63) is 35.9 Å². The number of ether oxygens (including phenoxy) is 1. The molecule has 0 aromatic heterocycles. The molecule has 0 amide bonds. The Kier molecular flexibility index (Phi) is 4.87. The summed E-state index contributed by atoms with van der Waals surface area (Å²) in [6, 6.07) is 8.91. The van der Waals surface area contributed by atoms with Gasteiger partial charge in [0.05, 0.1) is 0 Å². The van der Waals surface area contributed by atoms with Gasteiger partial charge in [-0.1, -0.05) is 30.3 Å². The van der Waals surface area contributed by atoms with E-state index in [2.05, 4.69) is 0 Å². The van der Waals surface area contributed by atoms with E-state index in [0.717, 1.165) is 0 Å². The minimum Gasteiger partial charge on any atom is -0.459 e. The molecule has 0 fully saturated rings. The Balaban J connectivity index is 3.29. The van der Waals surface area contributed by atoms with E-state index in [1.807, 2.05) is 6.07 Å². The number of rotatable bonds is 4. The molecule has 2 unspecified atom stereocenters. The van der Waals surface area contributed by atoms with Crippen LogP contribution < -0.4 is 5.73 Å². The van der Waals surface area contributed by atoms with Crippen molar-refractivity contribution in [3.63, 3.8) is 0 Å². The van der Waals surface area contributed by atoms with Gasteiger partial charge in [0.25, 0.3) is 0 Å². The molecular formula is C14H21NO3S. The van der Waals surface area contributed by atoms with Gasteiger partial charge in [0.1, 0.15) is 5.60 Å². The number of carbonyl (C=O) groups excluding carboxylic acids is 1. The zero-order chi connectivity index (χ0) is 14.7. The third-order valence-corrected chi connectivity index (χ3v) is 4.30. The van der Waals surface area contributed by atoms with E-state index in [1.165, 1.54) is 6.26 Å². The molecule has 5 heteroatoms. The first-order chi connectivity index (χ1) is 8.74. The standard InChI is InChI=1S/C14H21NO3S/c1-13(2,3)18-12(16)14(10-15,19(4)17)11-8-6-5-7-9-11/h5-9H,10,15H2,1-4H3. The molecule has 1 rings (SSSR count). The molecular weight excluding hydrogens is 262 g/mol. The van der Waals surface area contributed by atoms with Gasteiger partial charge in [-0.2, -0.15) is 0 Å². The highest BCUT2D eigenvalue weighted by atomic mass is 32.2. The molecule has 1 aromatic carbocycles. The summed E-state index contributed by atoms with van der Waals surface area (Å²) < 4.78 is 16.2. The summed E-state index contributed by atoms with van der Waals surface area (Å²) in [5.74, 6) is -0.547. The molecule has 106 valence electrons. The normalized spacial score (nSPS) is 16.5. The second kappa shape index (κ2) is 5.84. The van der Waals surface area contributed by atoms with E-state index >= 15 is 0 Å². The summed E-state index contributed by atoms with van der Waals surface area (Å²) in [6.07, 6.45) is 1.48. The predicted molar refractivity (Wildman–Crippen MR) is 77.1 cm³/mol. The van der Waals surface area contributed by atoms with Crippen molar-refractivity contribution < 1.29 is 13.7 Å². The second-order valence-corrected chi connectivity index (χ2v) is 6.96. The van der Waals surface area contributed by atoms with E-state index in [1.54, 1.807) is 45.0 Å². The Hall–Kier alpha value is -1.20. The van der Waals surface area contributed by atoms with Crippen LogP contribution in [0.2, 0.25) is 0 Å². The molecule has 0 spiro atoms. The van der Waals surface area contributed by atoms with Gasteiger partial charge >= 0.3 is 5.97 Å². The number of esters is 1. The Morgan fingerprint density at radius 1 is 1.26 bits per heavy atom. The molecule has 0 radical (unpaired) electrons. The minimum absolute atomic E-state index is 0.0605. The molecule has 0 saturated carbocycles. The summed E-state index contributed by atoms with van der Waals surface area (Å²) >= 11 is 0.